The SMILES string of the molecule is CCc1cccc(C)c1NC(=O)CC(=O)N1CCN(C=O)CC1. The van der Waals surface area contributed by atoms with Gasteiger partial charge >= 0.3 is 0 Å². The van der Waals surface area contributed by atoms with Gasteiger partial charge in [-0.05, 0) is 24.5 Å². The number of hydrogen-bond acceptors (Lipinski definition) is 3. The number of nitrogens with one attached hydrogen (secondary N) is 1. The number of carbonyl (C=O) groups is 3. The van der Waals surface area contributed by atoms with Crippen molar-refractivity contribution in [1.29, 1.82) is 0 Å². The molecule has 6 nitrogen and oxygen atoms in total. The fourth-order valence-corrected chi connectivity index (χ4v) is 2.71. The second kappa shape index (κ2) is 7.76. The van der Waals surface area contributed by atoms with Gasteiger partial charge in [0, 0.05) is 31.9 Å². The molecule has 1 aliphatic heterocycles. The van der Waals surface area contributed by atoms with Gasteiger partial charge in [-0.15, -0.1) is 0 Å². The van der Waals surface area contributed by atoms with E-state index in [1.165, 1.54) is 0 Å². The molecule has 0 atom stereocenters. The van der Waals surface area contributed by atoms with Crippen LogP contribution in [-0.4, -0.2) is 54.2 Å². The van der Waals surface area contributed by atoms with Gasteiger partial charge in [0.1, 0.15) is 6.42 Å². The van der Waals surface area contributed by atoms with Crippen LogP contribution in [0.25, 0.3) is 0 Å². The van der Waals surface area contributed by atoms with E-state index in [1.54, 1.807) is 9.80 Å². The highest BCUT2D eigenvalue weighted by molar-refractivity contribution is 6.04. The lowest BCUT2D eigenvalue weighted by Gasteiger charge is -2.32. The molecule has 124 valence electrons. The second-order valence-corrected chi connectivity index (χ2v) is 5.71. The van der Waals surface area contributed by atoms with Crippen LogP contribution in [0.5, 0.6) is 0 Å². The first-order valence-corrected chi connectivity index (χ1v) is 7.90. The maximum Gasteiger partial charge on any atom is 0.233 e. The first-order chi connectivity index (χ1) is 11.0. The molecule has 0 aromatic heterocycles. The third kappa shape index (κ3) is 4.31. The summed E-state index contributed by atoms with van der Waals surface area (Å²) in [6.07, 6.45) is 1.44. The van der Waals surface area contributed by atoms with Crippen molar-refractivity contribution in [1.82, 2.24) is 9.80 Å². The quantitative estimate of drug-likeness (QED) is 0.655. The maximum atomic E-state index is 12.2. The standard InChI is InChI=1S/C17H23N3O3/c1-3-14-6-4-5-13(2)17(14)18-15(22)11-16(23)20-9-7-19(12-21)8-10-20/h4-6,12H,3,7-11H2,1-2H3,(H,18,22). The van der Waals surface area contributed by atoms with E-state index in [1.807, 2.05) is 32.0 Å². The van der Waals surface area contributed by atoms with Gasteiger partial charge in [-0.2, -0.15) is 0 Å². The Morgan fingerprint density at radius 1 is 1.22 bits per heavy atom. The largest absolute Gasteiger partial charge is 0.342 e. The fraction of sp³-hybridized carbons (Fsp3) is 0.471. The lowest BCUT2D eigenvalue weighted by molar-refractivity contribution is -0.137. The molecule has 1 aromatic rings. The van der Waals surface area contributed by atoms with Crippen molar-refractivity contribution in [2.45, 2.75) is 26.7 Å². The zero-order chi connectivity index (χ0) is 16.8. The zero-order valence-corrected chi connectivity index (χ0v) is 13.7. The number of anilines is 1. The van der Waals surface area contributed by atoms with Crippen LogP contribution >= 0.6 is 0 Å². The minimum atomic E-state index is -0.295. The molecule has 6 heteroatoms. The monoisotopic (exact) mass is 317 g/mol. The minimum Gasteiger partial charge on any atom is -0.342 e. The Labute approximate surface area is 136 Å². The lowest BCUT2D eigenvalue weighted by atomic mass is 10.1. The van der Waals surface area contributed by atoms with E-state index < -0.39 is 0 Å². The predicted molar refractivity (Wildman–Crippen MR) is 88.0 cm³/mol. The topological polar surface area (TPSA) is 69.7 Å². The minimum absolute atomic E-state index is 0.168. The molecule has 1 N–H and O–H groups in total. The number of hydrogen-bond donors (Lipinski definition) is 1. The van der Waals surface area contributed by atoms with Gasteiger partial charge < -0.3 is 15.1 Å². The zero-order valence-electron chi connectivity index (χ0n) is 13.7. The molecular formula is C17H23N3O3. The summed E-state index contributed by atoms with van der Waals surface area (Å²) in [7, 11) is 0. The molecule has 1 heterocycles. The molecule has 0 radical (unpaired) electrons. The normalized spacial score (nSPS) is 14.5. The summed E-state index contributed by atoms with van der Waals surface area (Å²) in [6, 6.07) is 5.87. The molecule has 0 bridgehead atoms. The number of carbonyl (C=O) groups excluding carboxylic acids is 3. The van der Waals surface area contributed by atoms with E-state index in [2.05, 4.69) is 5.32 Å². The summed E-state index contributed by atoms with van der Waals surface area (Å²) in [5, 5.41) is 2.87. The Kier molecular flexibility index (Phi) is 5.73. The molecule has 0 spiro atoms. The van der Waals surface area contributed by atoms with Gasteiger partial charge in [0.2, 0.25) is 18.2 Å². The van der Waals surface area contributed by atoms with E-state index >= 15 is 0 Å². The van der Waals surface area contributed by atoms with Gasteiger partial charge in [0.15, 0.2) is 0 Å². The summed E-state index contributed by atoms with van der Waals surface area (Å²) in [4.78, 5) is 38.3. The summed E-state index contributed by atoms with van der Waals surface area (Å²) in [5.74, 6) is -0.489. The number of amides is 3. The number of rotatable bonds is 5. The predicted octanol–water partition coefficient (Wildman–Crippen LogP) is 1.19. The van der Waals surface area contributed by atoms with Crippen molar-refractivity contribution in [3.63, 3.8) is 0 Å². The van der Waals surface area contributed by atoms with Crippen LogP contribution < -0.4 is 5.32 Å². The van der Waals surface area contributed by atoms with Crippen molar-refractivity contribution in [2.24, 2.45) is 0 Å². The van der Waals surface area contributed by atoms with Gasteiger partial charge in [-0.3, -0.25) is 14.4 Å². The molecular weight excluding hydrogens is 294 g/mol. The Hall–Kier alpha value is -2.37. The van der Waals surface area contributed by atoms with Crippen LogP contribution in [0, 0.1) is 6.92 Å². The van der Waals surface area contributed by atoms with Crippen LogP contribution in [0.4, 0.5) is 5.69 Å². The molecule has 1 saturated heterocycles. The molecule has 1 fully saturated rings. The van der Waals surface area contributed by atoms with E-state index in [9.17, 15) is 14.4 Å². The first kappa shape index (κ1) is 17.0. The Morgan fingerprint density at radius 3 is 2.52 bits per heavy atom. The number of nitrogens with zero attached hydrogens (tertiary/aromatic N) is 2. The highest BCUT2D eigenvalue weighted by Gasteiger charge is 2.22. The van der Waals surface area contributed by atoms with Crippen LogP contribution in [0.3, 0.4) is 0 Å². The van der Waals surface area contributed by atoms with Gasteiger partial charge in [0.05, 0.1) is 0 Å². The van der Waals surface area contributed by atoms with Crippen LogP contribution in [0.1, 0.15) is 24.5 Å². The molecule has 3 amide bonds. The highest BCUT2D eigenvalue weighted by Crippen LogP contribution is 2.21. The van der Waals surface area contributed by atoms with E-state index in [-0.39, 0.29) is 18.2 Å². The molecule has 2 rings (SSSR count). The molecule has 1 aromatic carbocycles. The second-order valence-electron chi connectivity index (χ2n) is 5.71. The first-order valence-electron chi connectivity index (χ1n) is 7.90. The number of aryl methyl sites for hydroxylation is 2. The Balaban J connectivity index is 1.92. The molecule has 23 heavy (non-hydrogen) atoms. The summed E-state index contributed by atoms with van der Waals surface area (Å²) < 4.78 is 0. The number of para-hydroxylation sites is 1. The van der Waals surface area contributed by atoms with E-state index in [0.29, 0.717) is 26.2 Å². The third-order valence-corrected chi connectivity index (χ3v) is 4.13. The average Bonchev–Trinajstić information content (AvgIpc) is 2.56. The average molecular weight is 317 g/mol. The van der Waals surface area contributed by atoms with Crippen molar-refractivity contribution in [3.05, 3.63) is 29.3 Å². The van der Waals surface area contributed by atoms with Crippen molar-refractivity contribution < 1.29 is 14.4 Å². The van der Waals surface area contributed by atoms with Gasteiger partial charge in [-0.25, -0.2) is 0 Å². The maximum absolute atomic E-state index is 12.2. The molecule has 1 aliphatic rings. The highest BCUT2D eigenvalue weighted by atomic mass is 16.2. The van der Waals surface area contributed by atoms with Crippen molar-refractivity contribution >= 4 is 23.9 Å². The fourth-order valence-electron chi connectivity index (χ4n) is 2.71. The van der Waals surface area contributed by atoms with Crippen molar-refractivity contribution in [2.75, 3.05) is 31.5 Å². The Bertz CT molecular complexity index is 593. The molecule has 0 aliphatic carbocycles. The van der Waals surface area contributed by atoms with Crippen molar-refractivity contribution in [3.8, 4) is 0 Å². The van der Waals surface area contributed by atoms with Crippen LogP contribution in [0.2, 0.25) is 0 Å². The smallest absolute Gasteiger partial charge is 0.233 e. The van der Waals surface area contributed by atoms with E-state index in [4.69, 9.17) is 0 Å². The van der Waals surface area contributed by atoms with Gasteiger partial charge in [-0.1, -0.05) is 25.1 Å². The summed E-state index contributed by atoms with van der Waals surface area (Å²) in [6.45, 7) is 5.98. The van der Waals surface area contributed by atoms with Crippen LogP contribution in [-0.2, 0) is 20.8 Å². The summed E-state index contributed by atoms with van der Waals surface area (Å²) >= 11 is 0. The number of piperazine rings is 1. The third-order valence-electron chi connectivity index (χ3n) is 4.13. The molecule has 0 saturated carbocycles. The lowest BCUT2D eigenvalue weighted by Crippen LogP contribution is -2.48. The Morgan fingerprint density at radius 2 is 1.91 bits per heavy atom. The summed E-state index contributed by atoms with van der Waals surface area (Å²) in [5.41, 5.74) is 2.86. The van der Waals surface area contributed by atoms with Gasteiger partial charge in [0.25, 0.3) is 0 Å². The van der Waals surface area contributed by atoms with E-state index in [0.717, 1.165) is 29.6 Å². The number of benzene rings is 1. The van der Waals surface area contributed by atoms with Crippen LogP contribution in [0.15, 0.2) is 18.2 Å². The molecule has 0 unspecified atom stereocenters.